The Morgan fingerprint density at radius 1 is 0.818 bits per heavy atom. The van der Waals surface area contributed by atoms with Gasteiger partial charge < -0.3 is 40.0 Å². The molecule has 6 rings (SSSR count). The molecule has 13 heteroatoms. The van der Waals surface area contributed by atoms with Crippen molar-refractivity contribution in [3.8, 4) is 0 Å². The van der Waals surface area contributed by atoms with Crippen LogP contribution in [0.2, 0.25) is 0 Å². The van der Waals surface area contributed by atoms with Crippen LogP contribution in [0.3, 0.4) is 0 Å². The van der Waals surface area contributed by atoms with Crippen LogP contribution < -0.4 is 9.97 Å². The minimum Gasteiger partial charge on any atom is -0.657 e. The fourth-order valence-corrected chi connectivity index (χ4v) is 8.77. The Hall–Kier alpha value is -3.16. The van der Waals surface area contributed by atoms with Crippen LogP contribution in [0.1, 0.15) is 98.4 Å². The Bertz CT molecular complexity index is 2160. The van der Waals surface area contributed by atoms with Gasteiger partial charge in [-0.1, -0.05) is 54.8 Å². The summed E-state index contributed by atoms with van der Waals surface area (Å²) in [6.45, 7) is 14.8. The van der Waals surface area contributed by atoms with Crippen LogP contribution in [0.4, 0.5) is 0 Å². The topological polar surface area (TPSA) is 164 Å². The molecular weight excluding hydrogens is 768 g/mol. The van der Waals surface area contributed by atoms with E-state index in [0.29, 0.717) is 31.6 Å². The van der Waals surface area contributed by atoms with Gasteiger partial charge in [-0.25, -0.2) is 9.97 Å². The summed E-state index contributed by atoms with van der Waals surface area (Å²) >= 11 is 1.29. The summed E-state index contributed by atoms with van der Waals surface area (Å²) in [5, 5.41) is 40.0. The van der Waals surface area contributed by atoms with E-state index in [1.807, 2.05) is 0 Å². The molecule has 6 heterocycles. The van der Waals surface area contributed by atoms with Crippen molar-refractivity contribution in [3.63, 3.8) is 0 Å². The third kappa shape index (κ3) is 8.59. The number of rotatable bonds is 11. The fraction of sp³-hybridized carbons (Fsp3) is 0.500. The van der Waals surface area contributed by atoms with E-state index < -0.39 is 36.5 Å². The smallest absolute Gasteiger partial charge is 0.657 e. The SMILES string of the molecule is CCC1=C(C)c2cc3[n-]c(cc4nc(c(C)c5cc(C)c(cc1n2)[n-]5)C(CCC(=O)N(C)CCCS[C@@H]1O[C@H](CO)[C@@H](O)[C@H](O)[C@H]1O)=C4C)c(C)c3CC.[Zn+2]. The number of aryl methyl sites for hydroxylation is 4. The van der Waals surface area contributed by atoms with Crippen LogP contribution in [0, 0.1) is 20.8 Å². The number of aliphatic hydroxyl groups is 4. The number of thioether (sulfide) groups is 1. The quantitative estimate of drug-likeness (QED) is 0.143. The number of allylic oxidation sites excluding steroid dienone is 4. The molecule has 3 aromatic rings. The third-order valence-corrected chi connectivity index (χ3v) is 12.4. The van der Waals surface area contributed by atoms with E-state index in [2.05, 4.69) is 72.7 Å². The standard InChI is InChI=1S/C42H53N5O6S.Zn/c1-9-26-23(5)32-19-35-27(10-2)22(4)31(44-35)18-33-24(6)28(38(46-33)25(7)30-16-21(3)29(43-30)17-34(26)45-32)12-13-37(49)47(8)14-11-15-54-42-41(52)40(51)39(50)36(20-48)53-42;/h16-19,36,39-42,48,50-52H,9-15,20H2,1-8H3;/q-2;+2/t36-,39-,40+,41-,42+;/m1./s1. The van der Waals surface area contributed by atoms with Crippen LogP contribution in [-0.4, -0.2) is 97.0 Å². The molecule has 0 saturated carbocycles. The zero-order valence-electron chi connectivity index (χ0n) is 33.3. The third-order valence-electron chi connectivity index (χ3n) is 11.2. The molecule has 1 fully saturated rings. The summed E-state index contributed by atoms with van der Waals surface area (Å²) in [6, 6.07) is 8.39. The molecule has 5 atom stereocenters. The van der Waals surface area contributed by atoms with E-state index in [-0.39, 0.29) is 25.4 Å². The molecule has 4 N–H and O–H groups in total. The van der Waals surface area contributed by atoms with Gasteiger partial charge in [-0.15, -0.1) is 33.8 Å². The molecule has 3 aliphatic heterocycles. The summed E-state index contributed by atoms with van der Waals surface area (Å²) in [6.07, 6.45) is -1.87. The van der Waals surface area contributed by atoms with Crippen LogP contribution >= 0.6 is 11.8 Å². The van der Waals surface area contributed by atoms with Crippen LogP contribution in [0.25, 0.3) is 44.4 Å². The predicted molar refractivity (Wildman–Crippen MR) is 216 cm³/mol. The fourth-order valence-electron chi connectivity index (χ4n) is 7.66. The second kappa shape index (κ2) is 18.0. The van der Waals surface area contributed by atoms with E-state index in [4.69, 9.17) is 24.7 Å². The maximum Gasteiger partial charge on any atom is 2.00 e. The molecule has 0 spiro atoms. The van der Waals surface area contributed by atoms with Crippen molar-refractivity contribution >= 4 is 62.0 Å². The first kappa shape index (κ1) is 43.0. The molecule has 0 radical (unpaired) electrons. The molecule has 1 amide bonds. The van der Waals surface area contributed by atoms with E-state index in [0.717, 1.165) is 85.5 Å². The van der Waals surface area contributed by atoms with Gasteiger partial charge in [0.2, 0.25) is 5.91 Å². The molecule has 8 bridgehead atoms. The molecule has 290 valence electrons. The first-order valence-corrected chi connectivity index (χ1v) is 20.0. The van der Waals surface area contributed by atoms with E-state index >= 15 is 0 Å². The number of amides is 1. The molecule has 3 aromatic heterocycles. The van der Waals surface area contributed by atoms with Crippen LogP contribution in [0.5, 0.6) is 0 Å². The van der Waals surface area contributed by atoms with Crippen molar-refractivity contribution in [3.05, 3.63) is 69.3 Å². The zero-order valence-corrected chi connectivity index (χ0v) is 37.1. The monoisotopic (exact) mass is 819 g/mol. The summed E-state index contributed by atoms with van der Waals surface area (Å²) in [5.74, 6) is 0.552. The Morgan fingerprint density at radius 2 is 1.45 bits per heavy atom. The number of hydrogen-bond acceptors (Lipinski definition) is 9. The first-order chi connectivity index (χ1) is 25.8. The van der Waals surface area contributed by atoms with Gasteiger partial charge in [0.25, 0.3) is 0 Å². The molecule has 1 saturated heterocycles. The molecule has 3 aliphatic rings. The van der Waals surface area contributed by atoms with Crippen molar-refractivity contribution in [2.24, 2.45) is 0 Å². The number of nitrogens with zero attached hydrogens (tertiary/aromatic N) is 5. The van der Waals surface area contributed by atoms with Crippen molar-refractivity contribution in [1.29, 1.82) is 0 Å². The van der Waals surface area contributed by atoms with Gasteiger partial charge in [0.1, 0.15) is 29.9 Å². The Kier molecular flexibility index (Phi) is 14.0. The van der Waals surface area contributed by atoms with E-state index in [9.17, 15) is 25.2 Å². The van der Waals surface area contributed by atoms with Crippen LogP contribution in [0.15, 0.2) is 24.3 Å². The van der Waals surface area contributed by atoms with Gasteiger partial charge in [0, 0.05) is 20.0 Å². The minimum atomic E-state index is -1.40. The number of hydrogen-bond donors (Lipinski definition) is 4. The summed E-state index contributed by atoms with van der Waals surface area (Å²) in [7, 11) is 1.79. The van der Waals surface area contributed by atoms with Crippen molar-refractivity contribution in [2.45, 2.75) is 110 Å². The molecule has 55 heavy (non-hydrogen) atoms. The number of aromatic nitrogens is 4. The maximum absolute atomic E-state index is 13.5. The normalized spacial score (nSPS) is 21.3. The predicted octanol–water partition coefficient (Wildman–Crippen LogP) is 5.49. The van der Waals surface area contributed by atoms with E-state index in [1.54, 1.807) is 11.9 Å². The van der Waals surface area contributed by atoms with Gasteiger partial charge in [-0.05, 0) is 93.9 Å². The van der Waals surface area contributed by atoms with Crippen LogP contribution in [-0.2, 0) is 35.4 Å². The molecular formula is C42H53N5O6SZn. The molecule has 0 unspecified atom stereocenters. The summed E-state index contributed by atoms with van der Waals surface area (Å²) < 4.78 is 5.60. The first-order valence-electron chi connectivity index (χ1n) is 18.9. The maximum atomic E-state index is 13.5. The minimum absolute atomic E-state index is 0. The zero-order chi connectivity index (χ0) is 39.0. The van der Waals surface area contributed by atoms with Gasteiger partial charge in [0.05, 0.1) is 29.4 Å². The van der Waals surface area contributed by atoms with Gasteiger partial charge in [0.15, 0.2) is 0 Å². The number of aliphatic hydroxyl groups excluding tert-OH is 4. The average Bonchev–Trinajstić information content (AvgIpc) is 3.86. The van der Waals surface area contributed by atoms with Gasteiger partial charge >= 0.3 is 19.5 Å². The Morgan fingerprint density at radius 3 is 2.15 bits per heavy atom. The number of carbonyl (C=O) groups excluding carboxylic acids is 1. The van der Waals surface area contributed by atoms with Crippen molar-refractivity contribution in [1.82, 2.24) is 24.8 Å². The van der Waals surface area contributed by atoms with Gasteiger partial charge in [-0.3, -0.25) is 4.79 Å². The second-order valence-corrected chi connectivity index (χ2v) is 15.8. The number of fused-ring (bicyclic) bond motifs is 8. The summed E-state index contributed by atoms with van der Waals surface area (Å²) in [4.78, 5) is 35.7. The second-order valence-electron chi connectivity index (χ2n) is 14.6. The Balaban J connectivity index is 0.00000580. The number of ether oxygens (including phenoxy) is 1. The molecule has 0 aliphatic carbocycles. The molecule has 11 nitrogen and oxygen atoms in total. The largest absolute Gasteiger partial charge is 2.00 e. The van der Waals surface area contributed by atoms with E-state index in [1.165, 1.54) is 28.5 Å². The van der Waals surface area contributed by atoms with Crippen molar-refractivity contribution < 1.29 is 49.4 Å². The van der Waals surface area contributed by atoms with Gasteiger partial charge in [-0.2, -0.15) is 0 Å². The van der Waals surface area contributed by atoms with Crippen molar-refractivity contribution in [2.75, 3.05) is 26.0 Å². The molecule has 0 aromatic carbocycles. The summed E-state index contributed by atoms with van der Waals surface area (Å²) in [5.41, 5.74) is 15.1. The number of carbonyl (C=O) groups is 1. The Labute approximate surface area is 340 Å². The average molecular weight is 821 g/mol.